The number of benzene rings is 1. The lowest BCUT2D eigenvalue weighted by atomic mass is 10.0. The number of hydrogen-bond acceptors (Lipinski definition) is 4. The molecule has 28 heavy (non-hydrogen) atoms. The van der Waals surface area contributed by atoms with Gasteiger partial charge < -0.3 is 9.80 Å². The van der Waals surface area contributed by atoms with Gasteiger partial charge in [0.1, 0.15) is 5.69 Å². The van der Waals surface area contributed by atoms with Crippen LogP contribution in [-0.2, 0) is 11.0 Å². The molecule has 0 atom stereocenters. The summed E-state index contributed by atoms with van der Waals surface area (Å²) < 4.78 is 39.1. The maximum Gasteiger partial charge on any atom is 0.443 e. The number of nitrogens with zero attached hydrogens (tertiary/aromatic N) is 3. The molecule has 1 aliphatic heterocycles. The molecular formula is C19H20F3N3O2S. The Morgan fingerprint density at radius 2 is 1.79 bits per heavy atom. The fourth-order valence-electron chi connectivity index (χ4n) is 3.35. The Labute approximate surface area is 164 Å². The zero-order chi connectivity index (χ0) is 20.5. The van der Waals surface area contributed by atoms with E-state index >= 15 is 0 Å². The van der Waals surface area contributed by atoms with Gasteiger partial charge >= 0.3 is 6.18 Å². The number of rotatable bonds is 3. The largest absolute Gasteiger partial charge is 0.443 e. The summed E-state index contributed by atoms with van der Waals surface area (Å²) in [4.78, 5) is 31.9. The maximum absolute atomic E-state index is 13.2. The Bertz CT molecular complexity index is 859. The van der Waals surface area contributed by atoms with Gasteiger partial charge in [-0.3, -0.25) is 9.59 Å². The number of aryl methyl sites for hydroxylation is 1. The van der Waals surface area contributed by atoms with Crippen LogP contribution in [0.15, 0.2) is 30.3 Å². The number of amides is 2. The number of halogens is 3. The van der Waals surface area contributed by atoms with Gasteiger partial charge in [-0.15, -0.1) is 11.3 Å². The number of piperidine rings is 1. The molecule has 150 valence electrons. The summed E-state index contributed by atoms with van der Waals surface area (Å²) in [5, 5.41) is -1.02. The summed E-state index contributed by atoms with van der Waals surface area (Å²) in [6, 6.07) is 8.63. The number of aromatic nitrogens is 1. The molecule has 2 amide bonds. The number of carbonyl (C=O) groups excluding carboxylic acids is 2. The highest BCUT2D eigenvalue weighted by Crippen LogP contribution is 2.35. The van der Waals surface area contributed by atoms with Gasteiger partial charge in [-0.25, -0.2) is 4.98 Å². The topological polar surface area (TPSA) is 53.5 Å². The third-order valence-corrected chi connectivity index (χ3v) is 5.79. The average molecular weight is 411 g/mol. The van der Waals surface area contributed by atoms with Gasteiger partial charge in [0.05, 0.1) is 0 Å². The molecule has 1 saturated heterocycles. The van der Waals surface area contributed by atoms with Crippen LogP contribution in [0.4, 0.5) is 18.9 Å². The summed E-state index contributed by atoms with van der Waals surface area (Å²) in [5.41, 5.74) is 0.435. The van der Waals surface area contributed by atoms with Crippen molar-refractivity contribution < 1.29 is 22.8 Å². The highest BCUT2D eigenvalue weighted by molar-refractivity contribution is 7.12. The molecule has 0 bridgehead atoms. The zero-order valence-corrected chi connectivity index (χ0v) is 16.3. The van der Waals surface area contributed by atoms with Crippen LogP contribution >= 0.6 is 11.3 Å². The second kappa shape index (κ2) is 7.90. The molecule has 0 spiro atoms. The van der Waals surface area contributed by atoms with Crippen molar-refractivity contribution in [3.63, 3.8) is 0 Å². The van der Waals surface area contributed by atoms with Crippen LogP contribution in [0.3, 0.4) is 0 Å². The zero-order valence-electron chi connectivity index (χ0n) is 15.5. The lowest BCUT2D eigenvalue weighted by Crippen LogP contribution is -2.49. The van der Waals surface area contributed by atoms with Crippen LogP contribution in [0, 0.1) is 6.92 Å². The molecule has 0 radical (unpaired) electrons. The summed E-state index contributed by atoms with van der Waals surface area (Å²) in [7, 11) is 0. The number of alkyl halides is 3. The van der Waals surface area contributed by atoms with E-state index in [1.807, 2.05) is 0 Å². The van der Waals surface area contributed by atoms with Crippen LogP contribution in [-0.4, -0.2) is 40.8 Å². The number of hydrogen-bond donors (Lipinski definition) is 0. The second-order valence-electron chi connectivity index (χ2n) is 6.67. The first-order valence-electron chi connectivity index (χ1n) is 8.87. The van der Waals surface area contributed by atoms with Crippen molar-refractivity contribution in [1.29, 1.82) is 0 Å². The minimum Gasteiger partial charge on any atom is -0.343 e. The number of likely N-dealkylation sites (tertiary alicyclic amines) is 1. The molecule has 1 aromatic heterocycles. The van der Waals surface area contributed by atoms with E-state index in [0.29, 0.717) is 43.0 Å². The Balaban J connectivity index is 1.93. The fraction of sp³-hybridized carbons (Fsp3) is 0.421. The molecule has 0 aliphatic carbocycles. The van der Waals surface area contributed by atoms with Gasteiger partial charge in [0, 0.05) is 36.6 Å². The molecule has 1 fully saturated rings. The standard InChI is InChI=1S/C19H20F3N3O2S/c1-12-16(23-18(28-12)19(20,21)22)17(27)25(14-6-4-3-5-7-14)15-8-10-24(11-9-15)13(2)26/h3-7,15H,8-11H2,1-2H3. The van der Waals surface area contributed by atoms with E-state index in [4.69, 9.17) is 0 Å². The Morgan fingerprint density at radius 3 is 2.29 bits per heavy atom. The summed E-state index contributed by atoms with van der Waals surface area (Å²) >= 11 is 0.477. The lowest BCUT2D eigenvalue weighted by molar-refractivity contribution is -0.137. The first-order valence-corrected chi connectivity index (χ1v) is 9.69. The summed E-state index contributed by atoms with van der Waals surface area (Å²) in [6.45, 7) is 3.97. The lowest BCUT2D eigenvalue weighted by Gasteiger charge is -2.38. The molecule has 0 saturated carbocycles. The Kier molecular flexibility index (Phi) is 5.74. The molecule has 1 aliphatic rings. The molecule has 1 aromatic carbocycles. The van der Waals surface area contributed by atoms with Crippen LogP contribution in [0.1, 0.15) is 40.1 Å². The molecular weight excluding hydrogens is 391 g/mol. The smallest absolute Gasteiger partial charge is 0.343 e. The molecule has 3 rings (SSSR count). The third kappa shape index (κ3) is 4.19. The highest BCUT2D eigenvalue weighted by atomic mass is 32.1. The second-order valence-corrected chi connectivity index (χ2v) is 7.87. The molecule has 2 heterocycles. The van der Waals surface area contributed by atoms with E-state index in [2.05, 4.69) is 4.98 Å². The van der Waals surface area contributed by atoms with E-state index in [1.165, 1.54) is 18.7 Å². The average Bonchev–Trinajstić information content (AvgIpc) is 3.05. The molecule has 9 heteroatoms. The Morgan fingerprint density at radius 1 is 1.18 bits per heavy atom. The normalized spacial score (nSPS) is 15.5. The van der Waals surface area contributed by atoms with Crippen molar-refractivity contribution in [3.8, 4) is 0 Å². The Hall–Kier alpha value is -2.42. The number of thiazole rings is 1. The first-order chi connectivity index (χ1) is 13.2. The van der Waals surface area contributed by atoms with Gasteiger partial charge in [-0.2, -0.15) is 13.2 Å². The van der Waals surface area contributed by atoms with Crippen molar-refractivity contribution in [1.82, 2.24) is 9.88 Å². The number of anilines is 1. The van der Waals surface area contributed by atoms with Crippen molar-refractivity contribution in [2.45, 2.75) is 38.9 Å². The molecule has 5 nitrogen and oxygen atoms in total. The van der Waals surface area contributed by atoms with Crippen LogP contribution < -0.4 is 4.90 Å². The predicted octanol–water partition coefficient (Wildman–Crippen LogP) is 4.13. The predicted molar refractivity (Wildman–Crippen MR) is 100 cm³/mol. The van der Waals surface area contributed by atoms with Crippen molar-refractivity contribution in [2.75, 3.05) is 18.0 Å². The van der Waals surface area contributed by atoms with E-state index in [1.54, 1.807) is 35.2 Å². The maximum atomic E-state index is 13.2. The van der Waals surface area contributed by atoms with E-state index < -0.39 is 17.1 Å². The fourth-order valence-corrected chi connectivity index (χ4v) is 4.12. The molecule has 0 unspecified atom stereocenters. The van der Waals surface area contributed by atoms with Crippen molar-refractivity contribution >= 4 is 28.8 Å². The number of carbonyl (C=O) groups is 2. The SMILES string of the molecule is CC(=O)N1CCC(N(C(=O)c2nc(C(F)(F)F)sc2C)c2ccccc2)CC1. The minimum absolute atomic E-state index is 0.0267. The van der Waals surface area contributed by atoms with Gasteiger partial charge in [0.15, 0.2) is 5.01 Å². The van der Waals surface area contributed by atoms with E-state index in [-0.39, 0.29) is 22.5 Å². The monoisotopic (exact) mass is 411 g/mol. The summed E-state index contributed by atoms with van der Waals surface area (Å²) in [6.07, 6.45) is -3.48. The van der Waals surface area contributed by atoms with E-state index in [9.17, 15) is 22.8 Å². The van der Waals surface area contributed by atoms with Crippen LogP contribution in [0.2, 0.25) is 0 Å². The van der Waals surface area contributed by atoms with Crippen molar-refractivity contribution in [2.24, 2.45) is 0 Å². The van der Waals surface area contributed by atoms with Crippen LogP contribution in [0.25, 0.3) is 0 Å². The highest BCUT2D eigenvalue weighted by Gasteiger charge is 2.38. The summed E-state index contributed by atoms with van der Waals surface area (Å²) in [5.74, 6) is -0.571. The first kappa shape index (κ1) is 20.3. The third-order valence-electron chi connectivity index (χ3n) is 4.77. The van der Waals surface area contributed by atoms with Gasteiger partial charge in [-0.05, 0) is 31.9 Å². The van der Waals surface area contributed by atoms with Crippen LogP contribution in [0.5, 0.6) is 0 Å². The van der Waals surface area contributed by atoms with Gasteiger partial charge in [0.2, 0.25) is 5.91 Å². The van der Waals surface area contributed by atoms with Crippen molar-refractivity contribution in [3.05, 3.63) is 45.9 Å². The van der Waals surface area contributed by atoms with Gasteiger partial charge in [-0.1, -0.05) is 18.2 Å². The molecule has 0 N–H and O–H groups in total. The van der Waals surface area contributed by atoms with E-state index in [0.717, 1.165) is 0 Å². The minimum atomic E-state index is -4.58. The van der Waals surface area contributed by atoms with Gasteiger partial charge in [0.25, 0.3) is 5.91 Å². The molecule has 2 aromatic rings. The quantitative estimate of drug-likeness (QED) is 0.763. The number of para-hydroxylation sites is 1.